The predicted molar refractivity (Wildman–Crippen MR) is 54.1 cm³/mol. The van der Waals surface area contributed by atoms with Gasteiger partial charge < -0.3 is 21.1 Å². The molecule has 0 saturated carbocycles. The maximum Gasteiger partial charge on any atom is 0.239 e. The summed E-state index contributed by atoms with van der Waals surface area (Å²) >= 11 is 0. The van der Waals surface area contributed by atoms with Crippen molar-refractivity contribution in [3.05, 3.63) is 0 Å². The van der Waals surface area contributed by atoms with Gasteiger partial charge in [-0.3, -0.25) is 9.59 Å². The van der Waals surface area contributed by atoms with Crippen LogP contribution in [-0.4, -0.2) is 48.7 Å². The predicted octanol–water partition coefficient (Wildman–Crippen LogP) is -2.04. The minimum Gasteiger partial charge on any atom is -0.387 e. The molecule has 0 radical (unpaired) electrons. The van der Waals surface area contributed by atoms with Crippen molar-refractivity contribution in [2.45, 2.75) is 18.9 Å². The molecule has 6 nitrogen and oxygen atoms in total. The fourth-order valence-electron chi connectivity index (χ4n) is 1.41. The summed E-state index contributed by atoms with van der Waals surface area (Å²) < 4.78 is 0. The van der Waals surface area contributed by atoms with Gasteiger partial charge in [-0.25, -0.2) is 0 Å². The number of carbonyl (C=O) groups is 2. The summed E-state index contributed by atoms with van der Waals surface area (Å²) in [5.41, 5.74) is -0.841. The van der Waals surface area contributed by atoms with Crippen LogP contribution in [0.4, 0.5) is 0 Å². The SMILES string of the molecule is CC(=O)NCC(=O)NCC1(O)CCNC1. The highest BCUT2D eigenvalue weighted by molar-refractivity contribution is 5.83. The van der Waals surface area contributed by atoms with Gasteiger partial charge in [0, 0.05) is 20.0 Å². The highest BCUT2D eigenvalue weighted by Crippen LogP contribution is 2.12. The second kappa shape index (κ2) is 5.09. The van der Waals surface area contributed by atoms with Crippen molar-refractivity contribution < 1.29 is 14.7 Å². The molecule has 0 aliphatic carbocycles. The summed E-state index contributed by atoms with van der Waals surface area (Å²) in [5.74, 6) is -0.531. The highest BCUT2D eigenvalue weighted by atomic mass is 16.3. The molecule has 1 fully saturated rings. The van der Waals surface area contributed by atoms with E-state index in [0.29, 0.717) is 13.0 Å². The van der Waals surface area contributed by atoms with Gasteiger partial charge in [0.05, 0.1) is 12.1 Å². The number of nitrogens with one attached hydrogen (secondary N) is 3. The van der Waals surface area contributed by atoms with Crippen molar-refractivity contribution >= 4 is 11.8 Å². The Bertz CT molecular complexity index is 249. The fourth-order valence-corrected chi connectivity index (χ4v) is 1.41. The first-order chi connectivity index (χ1) is 7.02. The zero-order valence-electron chi connectivity index (χ0n) is 8.80. The molecule has 0 aromatic rings. The largest absolute Gasteiger partial charge is 0.387 e. The molecule has 0 spiro atoms. The Hall–Kier alpha value is -1.14. The Kier molecular flexibility index (Phi) is 4.05. The molecular weight excluding hydrogens is 198 g/mol. The van der Waals surface area contributed by atoms with Crippen LogP contribution in [0, 0.1) is 0 Å². The lowest BCUT2D eigenvalue weighted by molar-refractivity contribution is -0.125. The van der Waals surface area contributed by atoms with Crippen LogP contribution in [0.1, 0.15) is 13.3 Å². The zero-order valence-corrected chi connectivity index (χ0v) is 8.80. The van der Waals surface area contributed by atoms with Crippen molar-refractivity contribution in [1.29, 1.82) is 0 Å². The number of hydrogen-bond donors (Lipinski definition) is 4. The zero-order chi connectivity index (χ0) is 11.3. The molecule has 1 saturated heterocycles. The topological polar surface area (TPSA) is 90.5 Å². The van der Waals surface area contributed by atoms with Gasteiger partial charge in [0.2, 0.25) is 11.8 Å². The first-order valence-electron chi connectivity index (χ1n) is 4.96. The molecule has 2 amide bonds. The minimum absolute atomic E-state index is 0.0428. The van der Waals surface area contributed by atoms with Crippen LogP contribution in [0.15, 0.2) is 0 Å². The number of rotatable bonds is 4. The van der Waals surface area contributed by atoms with E-state index >= 15 is 0 Å². The second-order valence-electron chi connectivity index (χ2n) is 3.84. The summed E-state index contributed by atoms with van der Waals surface area (Å²) in [7, 11) is 0. The lowest BCUT2D eigenvalue weighted by atomic mass is 10.0. The Morgan fingerprint density at radius 2 is 2.20 bits per heavy atom. The molecule has 4 N–H and O–H groups in total. The van der Waals surface area contributed by atoms with Gasteiger partial charge in [-0.15, -0.1) is 0 Å². The normalized spacial score (nSPS) is 24.9. The van der Waals surface area contributed by atoms with E-state index in [1.165, 1.54) is 6.92 Å². The maximum atomic E-state index is 11.2. The van der Waals surface area contributed by atoms with E-state index in [4.69, 9.17) is 0 Å². The third-order valence-corrected chi connectivity index (χ3v) is 2.33. The van der Waals surface area contributed by atoms with E-state index in [-0.39, 0.29) is 24.9 Å². The molecule has 86 valence electrons. The van der Waals surface area contributed by atoms with Crippen LogP contribution >= 0.6 is 0 Å². The van der Waals surface area contributed by atoms with Crippen LogP contribution in [-0.2, 0) is 9.59 Å². The van der Waals surface area contributed by atoms with Crippen molar-refractivity contribution in [3.8, 4) is 0 Å². The lowest BCUT2D eigenvalue weighted by Crippen LogP contribution is -2.46. The van der Waals surface area contributed by atoms with Crippen molar-refractivity contribution in [2.24, 2.45) is 0 Å². The molecule has 1 rings (SSSR count). The average Bonchev–Trinajstić information content (AvgIpc) is 2.60. The van der Waals surface area contributed by atoms with Gasteiger partial charge >= 0.3 is 0 Å². The summed E-state index contributed by atoms with van der Waals surface area (Å²) in [6.07, 6.45) is 0.632. The molecule has 0 bridgehead atoms. The van der Waals surface area contributed by atoms with Crippen molar-refractivity contribution in [3.63, 3.8) is 0 Å². The highest BCUT2D eigenvalue weighted by Gasteiger charge is 2.31. The number of carbonyl (C=O) groups excluding carboxylic acids is 2. The van der Waals surface area contributed by atoms with Gasteiger partial charge in [0.1, 0.15) is 0 Å². The van der Waals surface area contributed by atoms with E-state index in [2.05, 4.69) is 16.0 Å². The third kappa shape index (κ3) is 4.26. The van der Waals surface area contributed by atoms with Gasteiger partial charge in [-0.05, 0) is 13.0 Å². The summed E-state index contributed by atoms with van der Waals surface area (Å²) in [6.45, 7) is 2.78. The monoisotopic (exact) mass is 215 g/mol. The summed E-state index contributed by atoms with van der Waals surface area (Å²) in [4.78, 5) is 21.7. The van der Waals surface area contributed by atoms with Gasteiger partial charge in [0.25, 0.3) is 0 Å². The van der Waals surface area contributed by atoms with Crippen LogP contribution in [0.2, 0.25) is 0 Å². The second-order valence-corrected chi connectivity index (χ2v) is 3.84. The molecule has 6 heteroatoms. The maximum absolute atomic E-state index is 11.2. The first kappa shape index (κ1) is 11.9. The van der Waals surface area contributed by atoms with Gasteiger partial charge in [-0.2, -0.15) is 0 Å². The Morgan fingerprint density at radius 3 is 2.73 bits per heavy atom. The number of β-amino-alcohol motifs (C(OH)–C–C–N with tert-alkyl or cyclic N) is 1. The molecule has 0 aromatic carbocycles. The van der Waals surface area contributed by atoms with Crippen LogP contribution in [0.25, 0.3) is 0 Å². The molecule has 1 heterocycles. The molecule has 1 atom stereocenters. The minimum atomic E-state index is -0.841. The van der Waals surface area contributed by atoms with E-state index in [1.54, 1.807) is 0 Å². The van der Waals surface area contributed by atoms with E-state index < -0.39 is 5.60 Å². The van der Waals surface area contributed by atoms with E-state index in [0.717, 1.165) is 6.54 Å². The molecule has 0 aromatic heterocycles. The Labute approximate surface area is 88.4 Å². The Morgan fingerprint density at radius 1 is 1.47 bits per heavy atom. The first-order valence-corrected chi connectivity index (χ1v) is 4.96. The number of amides is 2. The molecule has 1 unspecified atom stereocenters. The molecular formula is C9H17N3O3. The average molecular weight is 215 g/mol. The number of aliphatic hydroxyl groups is 1. The summed E-state index contributed by atoms with van der Waals surface area (Å²) in [5, 5.41) is 17.8. The van der Waals surface area contributed by atoms with Gasteiger partial charge in [0.15, 0.2) is 0 Å². The van der Waals surface area contributed by atoms with Crippen LogP contribution < -0.4 is 16.0 Å². The quantitative estimate of drug-likeness (QED) is 0.435. The van der Waals surface area contributed by atoms with Crippen molar-refractivity contribution in [1.82, 2.24) is 16.0 Å². The fraction of sp³-hybridized carbons (Fsp3) is 0.778. The number of hydrogen-bond acceptors (Lipinski definition) is 4. The molecule has 1 aliphatic rings. The van der Waals surface area contributed by atoms with Crippen LogP contribution in [0.3, 0.4) is 0 Å². The third-order valence-electron chi connectivity index (χ3n) is 2.33. The Balaban J connectivity index is 2.18. The van der Waals surface area contributed by atoms with Crippen LogP contribution in [0.5, 0.6) is 0 Å². The van der Waals surface area contributed by atoms with E-state index in [1.807, 2.05) is 0 Å². The standard InChI is InChI=1S/C9H17N3O3/c1-7(13)11-4-8(14)12-6-9(15)2-3-10-5-9/h10,15H,2-6H2,1H3,(H,11,13)(H,12,14). The summed E-state index contributed by atoms with van der Waals surface area (Å²) in [6, 6.07) is 0. The van der Waals surface area contributed by atoms with E-state index in [9.17, 15) is 14.7 Å². The van der Waals surface area contributed by atoms with Gasteiger partial charge in [-0.1, -0.05) is 0 Å². The molecule has 15 heavy (non-hydrogen) atoms. The molecule has 1 aliphatic heterocycles. The van der Waals surface area contributed by atoms with Crippen molar-refractivity contribution in [2.75, 3.05) is 26.2 Å². The smallest absolute Gasteiger partial charge is 0.239 e. The lowest BCUT2D eigenvalue weighted by Gasteiger charge is -2.21.